The standard InChI is InChI=1S/C12H10Ge.2BrH/c1-3-7-11(8-4-1)13-12-9-5-2-6-10-12;;/h1-10H;2*1H. The first-order chi connectivity index (χ1) is 6.45. The second-order valence-corrected chi connectivity index (χ2v) is 5.80. The van der Waals surface area contributed by atoms with Crippen molar-refractivity contribution in [3.8, 4) is 0 Å². The zero-order valence-corrected chi connectivity index (χ0v) is 13.6. The molecule has 0 atom stereocenters. The Labute approximate surface area is 118 Å². The molecule has 2 aromatic carbocycles. The molecular formula is C12H12Br2Ge. The Balaban J connectivity index is 0.000000980. The van der Waals surface area contributed by atoms with Gasteiger partial charge in [-0.05, 0) is 0 Å². The summed E-state index contributed by atoms with van der Waals surface area (Å²) in [6.45, 7) is 0. The molecule has 0 aliphatic rings. The molecule has 0 heterocycles. The average molecular weight is 389 g/mol. The van der Waals surface area contributed by atoms with Gasteiger partial charge < -0.3 is 0 Å². The molecule has 0 unspecified atom stereocenters. The van der Waals surface area contributed by atoms with Crippen molar-refractivity contribution in [2.45, 2.75) is 0 Å². The van der Waals surface area contributed by atoms with Gasteiger partial charge in [0.15, 0.2) is 0 Å². The summed E-state index contributed by atoms with van der Waals surface area (Å²) in [6, 6.07) is 21.5. The molecular weight excluding hydrogens is 377 g/mol. The molecule has 0 aliphatic carbocycles. The van der Waals surface area contributed by atoms with Gasteiger partial charge in [0.1, 0.15) is 0 Å². The van der Waals surface area contributed by atoms with Gasteiger partial charge in [-0.3, -0.25) is 0 Å². The third-order valence-corrected chi connectivity index (χ3v) is 4.45. The Morgan fingerprint density at radius 1 is 0.533 bits per heavy atom. The molecule has 0 saturated carbocycles. The van der Waals surface area contributed by atoms with E-state index >= 15 is 0 Å². The van der Waals surface area contributed by atoms with Crippen LogP contribution in [0, 0.1) is 0 Å². The van der Waals surface area contributed by atoms with Crippen molar-refractivity contribution in [2.24, 2.45) is 0 Å². The van der Waals surface area contributed by atoms with Crippen LogP contribution in [0.1, 0.15) is 0 Å². The van der Waals surface area contributed by atoms with Gasteiger partial charge in [-0.25, -0.2) is 0 Å². The fraction of sp³-hybridized carbons (Fsp3) is 0. The number of hydrogen-bond acceptors (Lipinski definition) is 0. The quantitative estimate of drug-likeness (QED) is 0.694. The van der Waals surface area contributed by atoms with Gasteiger partial charge in [0.25, 0.3) is 0 Å². The van der Waals surface area contributed by atoms with Gasteiger partial charge in [-0.1, -0.05) is 0 Å². The molecule has 0 fully saturated rings. The molecule has 78 valence electrons. The Morgan fingerprint density at radius 2 is 0.867 bits per heavy atom. The zero-order chi connectivity index (χ0) is 8.93. The maximum absolute atomic E-state index is 2.22. The van der Waals surface area contributed by atoms with Crippen LogP contribution in [0.15, 0.2) is 60.7 Å². The fourth-order valence-electron chi connectivity index (χ4n) is 1.21. The summed E-state index contributed by atoms with van der Waals surface area (Å²) < 4.78 is 2.99. The van der Waals surface area contributed by atoms with Gasteiger partial charge in [-0.2, -0.15) is 0 Å². The number of hydrogen-bond donors (Lipinski definition) is 0. The molecule has 0 spiro atoms. The molecule has 0 nitrogen and oxygen atoms in total. The number of benzene rings is 2. The molecule has 2 rings (SSSR count). The van der Waals surface area contributed by atoms with Crippen molar-refractivity contribution in [3.05, 3.63) is 60.7 Å². The van der Waals surface area contributed by atoms with Crippen LogP contribution in [-0.4, -0.2) is 15.4 Å². The van der Waals surface area contributed by atoms with Crippen LogP contribution in [0.4, 0.5) is 0 Å². The molecule has 0 aromatic heterocycles. The molecule has 15 heavy (non-hydrogen) atoms. The van der Waals surface area contributed by atoms with Crippen molar-refractivity contribution < 1.29 is 0 Å². The van der Waals surface area contributed by atoms with Crippen LogP contribution in [0.5, 0.6) is 0 Å². The van der Waals surface area contributed by atoms with E-state index in [2.05, 4.69) is 60.7 Å². The van der Waals surface area contributed by atoms with Gasteiger partial charge in [0.05, 0.1) is 0 Å². The van der Waals surface area contributed by atoms with Crippen LogP contribution < -0.4 is 8.79 Å². The first kappa shape index (κ1) is 14.9. The fourth-order valence-corrected chi connectivity index (χ4v) is 3.42. The monoisotopic (exact) mass is 388 g/mol. The Hall–Kier alpha value is -0.0571. The normalized spacial score (nSPS) is 8.53. The Kier molecular flexibility index (Phi) is 8.11. The van der Waals surface area contributed by atoms with Crippen LogP contribution in [0.3, 0.4) is 0 Å². The summed E-state index contributed by atoms with van der Waals surface area (Å²) in [5, 5.41) is 0. The number of rotatable bonds is 2. The number of halogens is 2. The second-order valence-electron chi connectivity index (χ2n) is 2.86. The van der Waals surface area contributed by atoms with E-state index in [9.17, 15) is 0 Å². The Morgan fingerprint density at radius 3 is 1.20 bits per heavy atom. The molecule has 0 aliphatic heterocycles. The van der Waals surface area contributed by atoms with Crippen molar-refractivity contribution in [1.82, 2.24) is 0 Å². The third-order valence-electron chi connectivity index (χ3n) is 1.84. The van der Waals surface area contributed by atoms with E-state index in [-0.39, 0.29) is 49.4 Å². The third kappa shape index (κ3) is 5.00. The summed E-state index contributed by atoms with van der Waals surface area (Å²) >= 11 is -0.108. The van der Waals surface area contributed by atoms with Crippen molar-refractivity contribution in [3.63, 3.8) is 0 Å². The Bertz CT molecular complexity index is 324. The molecule has 0 bridgehead atoms. The summed E-state index contributed by atoms with van der Waals surface area (Å²) in [7, 11) is 0. The maximum atomic E-state index is 2.22. The second kappa shape index (κ2) is 8.14. The minimum absolute atomic E-state index is 0. The van der Waals surface area contributed by atoms with Gasteiger partial charge in [0, 0.05) is 0 Å². The molecule has 2 aromatic rings. The van der Waals surface area contributed by atoms with E-state index in [1.165, 1.54) is 8.79 Å². The van der Waals surface area contributed by atoms with E-state index < -0.39 is 0 Å². The van der Waals surface area contributed by atoms with E-state index in [0.717, 1.165) is 0 Å². The van der Waals surface area contributed by atoms with Crippen LogP contribution in [0.2, 0.25) is 0 Å². The summed E-state index contributed by atoms with van der Waals surface area (Å²) in [5.41, 5.74) is 0. The predicted octanol–water partition coefficient (Wildman–Crippen LogP) is 2.50. The first-order valence-corrected chi connectivity index (χ1v) is 6.42. The van der Waals surface area contributed by atoms with E-state index in [1.54, 1.807) is 0 Å². The summed E-state index contributed by atoms with van der Waals surface area (Å²) in [4.78, 5) is 0. The van der Waals surface area contributed by atoms with Gasteiger partial charge >= 0.3 is 84.9 Å². The SMILES string of the molecule is Br.Br.c1cc[c]([Ge][c]2ccccc2)cc1. The zero-order valence-electron chi connectivity index (χ0n) is 8.09. The first-order valence-electron chi connectivity index (χ1n) is 4.32. The van der Waals surface area contributed by atoms with E-state index in [0.29, 0.717) is 0 Å². The minimum atomic E-state index is -0.108. The van der Waals surface area contributed by atoms with Gasteiger partial charge in [-0.15, -0.1) is 34.0 Å². The van der Waals surface area contributed by atoms with Crippen LogP contribution >= 0.6 is 34.0 Å². The average Bonchev–Trinajstić information content (AvgIpc) is 2.21. The van der Waals surface area contributed by atoms with Crippen molar-refractivity contribution in [2.75, 3.05) is 0 Å². The van der Waals surface area contributed by atoms with E-state index in [4.69, 9.17) is 0 Å². The summed E-state index contributed by atoms with van der Waals surface area (Å²) in [6.07, 6.45) is 0. The summed E-state index contributed by atoms with van der Waals surface area (Å²) in [5.74, 6) is 0. The molecule has 0 N–H and O–H groups in total. The predicted molar refractivity (Wildman–Crippen MR) is 78.6 cm³/mol. The topological polar surface area (TPSA) is 0 Å². The molecule has 0 saturated heterocycles. The van der Waals surface area contributed by atoms with Crippen LogP contribution in [-0.2, 0) is 0 Å². The molecule has 3 heteroatoms. The van der Waals surface area contributed by atoms with Crippen molar-refractivity contribution in [1.29, 1.82) is 0 Å². The van der Waals surface area contributed by atoms with Crippen molar-refractivity contribution >= 4 is 58.2 Å². The van der Waals surface area contributed by atoms with Gasteiger partial charge in [0.2, 0.25) is 0 Å². The molecule has 0 amide bonds. The van der Waals surface area contributed by atoms with E-state index in [1.807, 2.05) is 0 Å². The van der Waals surface area contributed by atoms with Crippen LogP contribution in [0.25, 0.3) is 0 Å². The molecule has 2 radical (unpaired) electrons.